The molecule has 0 unspecified atom stereocenters. The maximum Gasteiger partial charge on any atom is 0.0541 e. The first-order chi connectivity index (χ1) is 31.0. The van der Waals surface area contributed by atoms with Crippen molar-refractivity contribution in [3.05, 3.63) is 215 Å². The second kappa shape index (κ2) is 14.6. The van der Waals surface area contributed by atoms with E-state index in [0.29, 0.717) is 0 Å². The zero-order valence-electron chi connectivity index (χ0n) is 36.1. The number of benzene rings is 9. The van der Waals surface area contributed by atoms with Gasteiger partial charge in [-0.05, 0) is 138 Å². The van der Waals surface area contributed by atoms with Crippen LogP contribution in [-0.2, 0) is 5.41 Å². The lowest BCUT2D eigenvalue weighted by molar-refractivity contribution is 0.659. The van der Waals surface area contributed by atoms with Crippen LogP contribution in [0.3, 0.4) is 0 Å². The van der Waals surface area contributed by atoms with Gasteiger partial charge in [0, 0.05) is 29.2 Å². The smallest absolute Gasteiger partial charge is 0.0541 e. The molecule has 0 spiro atoms. The molecule has 0 atom stereocenters. The van der Waals surface area contributed by atoms with Gasteiger partial charge in [0.1, 0.15) is 0 Å². The Hall–Kier alpha value is -7.42. The Labute approximate surface area is 370 Å². The fraction of sp³-hybridized carbons (Fsp3) is 0.115. The SMILES string of the molecule is C/C=C\C=C/C1=CN(c2ccc3c(c2)C(C)(C)c2cc(/C=C/c4ccc5c6cccc7c(N8c9ccccc9C=Cc9ccccc98)ccc(c8cccc4c58)c76)ccc2-3)CCC1. The Morgan fingerprint density at radius 2 is 1.16 bits per heavy atom. The van der Waals surface area contributed by atoms with Crippen LogP contribution in [0.15, 0.2) is 182 Å². The molecule has 0 bridgehead atoms. The van der Waals surface area contributed by atoms with Gasteiger partial charge in [0.2, 0.25) is 0 Å². The quantitative estimate of drug-likeness (QED) is 0.0714. The lowest BCUT2D eigenvalue weighted by Crippen LogP contribution is -2.23. The van der Waals surface area contributed by atoms with E-state index < -0.39 is 0 Å². The van der Waals surface area contributed by atoms with Gasteiger partial charge >= 0.3 is 0 Å². The lowest BCUT2D eigenvalue weighted by Gasteiger charge is -2.29. The van der Waals surface area contributed by atoms with Crippen LogP contribution in [0, 0.1) is 0 Å². The summed E-state index contributed by atoms with van der Waals surface area (Å²) in [5.41, 5.74) is 16.5. The zero-order valence-corrected chi connectivity index (χ0v) is 36.1. The van der Waals surface area contributed by atoms with Crippen LogP contribution in [0.25, 0.3) is 78.5 Å². The van der Waals surface area contributed by atoms with Crippen molar-refractivity contribution >= 4 is 90.1 Å². The number of hydrogen-bond acceptors (Lipinski definition) is 2. The minimum atomic E-state index is -0.107. The fourth-order valence-corrected chi connectivity index (χ4v) is 10.9. The molecule has 0 saturated heterocycles. The van der Waals surface area contributed by atoms with Crippen molar-refractivity contribution in [2.75, 3.05) is 16.3 Å². The van der Waals surface area contributed by atoms with E-state index in [2.05, 4.69) is 231 Å². The molecule has 9 aromatic rings. The highest BCUT2D eigenvalue weighted by atomic mass is 15.1. The standard InChI is InChI=1S/C61H48N2/c1-4-5-6-14-41-15-13-36-62(39-41)45-30-33-48-47-31-25-40(37-54(47)61(2,3)55(48)38-45)24-26-42-29-32-51-50-20-12-21-53-58(35-34-52(60(50)53)49-19-11-18-46(42)59(49)51)63-56-22-9-7-16-43(56)27-28-44-17-8-10-23-57(44)63/h4-12,14,16-35,37-39H,13,15,36H2,1-3H3/b5-4-,14-6-,26-24+. The van der Waals surface area contributed by atoms with Crippen molar-refractivity contribution in [3.8, 4) is 11.1 Å². The van der Waals surface area contributed by atoms with Gasteiger partial charge in [0.15, 0.2) is 0 Å². The van der Waals surface area contributed by atoms with Gasteiger partial charge in [-0.15, -0.1) is 0 Å². The van der Waals surface area contributed by atoms with E-state index in [4.69, 9.17) is 0 Å². The summed E-state index contributed by atoms with van der Waals surface area (Å²) in [6, 6.07) is 54.8. The third-order valence-electron chi connectivity index (χ3n) is 14.0. The number of hydrogen-bond donors (Lipinski definition) is 0. The largest absolute Gasteiger partial charge is 0.348 e. The number of allylic oxidation sites excluding steroid dienone is 5. The van der Waals surface area contributed by atoms with E-state index in [9.17, 15) is 0 Å². The van der Waals surface area contributed by atoms with Crippen molar-refractivity contribution in [1.29, 1.82) is 0 Å². The number of anilines is 4. The topological polar surface area (TPSA) is 6.48 Å². The Kier molecular flexibility index (Phi) is 8.66. The molecule has 0 aromatic heterocycles. The highest BCUT2D eigenvalue weighted by Crippen LogP contribution is 2.51. The number of fused-ring (bicyclic) bond motifs is 7. The van der Waals surface area contributed by atoms with E-state index in [1.54, 1.807) is 0 Å². The van der Waals surface area contributed by atoms with Crippen LogP contribution in [-0.4, -0.2) is 6.54 Å². The van der Waals surface area contributed by atoms with Gasteiger partial charge in [0.25, 0.3) is 0 Å². The van der Waals surface area contributed by atoms with Crippen LogP contribution >= 0.6 is 0 Å². The summed E-state index contributed by atoms with van der Waals surface area (Å²) in [6.07, 6.45) is 22.3. The summed E-state index contributed by atoms with van der Waals surface area (Å²) in [5, 5.41) is 10.4. The molecule has 0 saturated carbocycles. The Bertz CT molecular complexity index is 3410. The minimum absolute atomic E-state index is 0.107. The molecule has 1 aliphatic carbocycles. The Morgan fingerprint density at radius 1 is 0.524 bits per heavy atom. The third-order valence-corrected chi connectivity index (χ3v) is 14.0. The molecule has 3 aliphatic rings. The number of nitrogens with zero attached hydrogens (tertiary/aromatic N) is 2. The normalized spacial score (nSPS) is 15.6. The van der Waals surface area contributed by atoms with E-state index >= 15 is 0 Å². The molecule has 2 nitrogen and oxygen atoms in total. The monoisotopic (exact) mass is 808 g/mol. The second-order valence-electron chi connectivity index (χ2n) is 18.0. The van der Waals surface area contributed by atoms with E-state index in [1.807, 2.05) is 0 Å². The van der Waals surface area contributed by atoms with Crippen molar-refractivity contribution < 1.29 is 0 Å². The third kappa shape index (κ3) is 5.93. The maximum atomic E-state index is 2.46. The molecule has 2 heterocycles. The Balaban J connectivity index is 0.915. The maximum absolute atomic E-state index is 2.46. The molecule has 0 fully saturated rings. The average molecular weight is 809 g/mol. The zero-order chi connectivity index (χ0) is 42.2. The molecule has 63 heavy (non-hydrogen) atoms. The van der Waals surface area contributed by atoms with Gasteiger partial charge in [0.05, 0.1) is 17.1 Å². The van der Waals surface area contributed by atoms with Crippen LogP contribution in [0.4, 0.5) is 22.7 Å². The van der Waals surface area contributed by atoms with Crippen LogP contribution < -0.4 is 9.80 Å². The molecule has 0 radical (unpaired) electrons. The number of para-hydroxylation sites is 2. The summed E-state index contributed by atoms with van der Waals surface area (Å²) in [5.74, 6) is 0. The van der Waals surface area contributed by atoms with Gasteiger partial charge in [-0.25, -0.2) is 0 Å². The van der Waals surface area contributed by atoms with E-state index in [-0.39, 0.29) is 5.41 Å². The first-order valence-electron chi connectivity index (χ1n) is 22.5. The van der Waals surface area contributed by atoms with Gasteiger partial charge < -0.3 is 9.80 Å². The van der Waals surface area contributed by atoms with Gasteiger partial charge in [-0.2, -0.15) is 0 Å². The molecular formula is C61H48N2. The highest BCUT2D eigenvalue weighted by Gasteiger charge is 2.36. The molecule has 0 amide bonds. The van der Waals surface area contributed by atoms with Crippen LogP contribution in [0.2, 0.25) is 0 Å². The first kappa shape index (κ1) is 37.4. The molecule has 2 aliphatic heterocycles. The summed E-state index contributed by atoms with van der Waals surface area (Å²) in [6.45, 7) is 7.89. The lowest BCUT2D eigenvalue weighted by atomic mass is 9.81. The highest BCUT2D eigenvalue weighted by molar-refractivity contribution is 6.35. The minimum Gasteiger partial charge on any atom is -0.348 e. The summed E-state index contributed by atoms with van der Waals surface area (Å²) in [7, 11) is 0. The molecular weight excluding hydrogens is 761 g/mol. The first-order valence-corrected chi connectivity index (χ1v) is 22.5. The van der Waals surface area contributed by atoms with Crippen molar-refractivity contribution in [2.24, 2.45) is 0 Å². The second-order valence-corrected chi connectivity index (χ2v) is 18.0. The van der Waals surface area contributed by atoms with Gasteiger partial charge in [-0.3, -0.25) is 0 Å². The van der Waals surface area contributed by atoms with Crippen molar-refractivity contribution in [1.82, 2.24) is 0 Å². The Morgan fingerprint density at radius 3 is 1.90 bits per heavy atom. The van der Waals surface area contributed by atoms with E-state index in [0.717, 1.165) is 19.4 Å². The van der Waals surface area contributed by atoms with Crippen LogP contribution in [0.5, 0.6) is 0 Å². The summed E-state index contributed by atoms with van der Waals surface area (Å²) in [4.78, 5) is 4.90. The molecule has 9 aromatic carbocycles. The predicted octanol–water partition coefficient (Wildman–Crippen LogP) is 16.8. The van der Waals surface area contributed by atoms with E-state index in [1.165, 1.54) is 116 Å². The average Bonchev–Trinajstić information content (AvgIpc) is 3.42. The van der Waals surface area contributed by atoms with Crippen molar-refractivity contribution in [3.63, 3.8) is 0 Å². The molecule has 0 N–H and O–H groups in total. The summed E-state index contributed by atoms with van der Waals surface area (Å²) < 4.78 is 0. The number of rotatable bonds is 6. The fourth-order valence-electron chi connectivity index (χ4n) is 10.9. The molecule has 2 heteroatoms. The van der Waals surface area contributed by atoms with Gasteiger partial charge in [-0.1, -0.05) is 178 Å². The summed E-state index contributed by atoms with van der Waals surface area (Å²) >= 11 is 0. The van der Waals surface area contributed by atoms with Crippen LogP contribution in [0.1, 0.15) is 67.0 Å². The molecule has 12 rings (SSSR count). The molecule has 302 valence electrons. The predicted molar refractivity (Wildman–Crippen MR) is 273 cm³/mol. The van der Waals surface area contributed by atoms with Crippen molar-refractivity contribution in [2.45, 2.75) is 39.0 Å².